The summed E-state index contributed by atoms with van der Waals surface area (Å²) in [5, 5.41) is 22.4. The number of rotatable bonds is 8. The Morgan fingerprint density at radius 2 is 1.29 bits per heavy atom. The Kier molecular flexibility index (Phi) is 10.8. The van der Waals surface area contributed by atoms with Crippen LogP contribution in [-0.2, 0) is 24.9 Å². The van der Waals surface area contributed by atoms with Crippen LogP contribution in [0.3, 0.4) is 0 Å². The van der Waals surface area contributed by atoms with Crippen LogP contribution in [0.5, 0.6) is 0 Å². The maximum Gasteiger partial charge on any atom is 0.453 e. The van der Waals surface area contributed by atoms with Crippen molar-refractivity contribution in [3.8, 4) is 22.5 Å². The Balaban J connectivity index is 0.000000201. The quantitative estimate of drug-likeness (QED) is 0.143. The fraction of sp³-hybridized carbons (Fsp3) is 0.382. The Labute approximate surface area is 297 Å². The highest BCUT2D eigenvalue weighted by Gasteiger charge is 2.38. The average molecular weight is 754 g/mol. The molecule has 5 aromatic heterocycles. The van der Waals surface area contributed by atoms with E-state index in [2.05, 4.69) is 56.3 Å². The summed E-state index contributed by atoms with van der Waals surface area (Å²) in [4.78, 5) is 4.02. The van der Waals surface area contributed by atoms with Crippen molar-refractivity contribution < 1.29 is 35.1 Å². The van der Waals surface area contributed by atoms with Crippen molar-refractivity contribution in [2.75, 3.05) is 0 Å². The molecule has 0 aliphatic carbocycles. The lowest BCUT2D eigenvalue weighted by Gasteiger charge is -2.16. The summed E-state index contributed by atoms with van der Waals surface area (Å²) in [6.45, 7) is 8.25. The molecule has 0 saturated heterocycles. The molecule has 18 heteroatoms. The van der Waals surface area contributed by atoms with Crippen LogP contribution in [0.2, 0.25) is 5.02 Å². The van der Waals surface area contributed by atoms with Crippen LogP contribution in [0, 0.1) is 17.8 Å². The van der Waals surface area contributed by atoms with Crippen LogP contribution in [0.1, 0.15) is 57.5 Å². The maximum atomic E-state index is 13.6. The Hall–Kier alpha value is -4.80. The Morgan fingerprint density at radius 1 is 0.692 bits per heavy atom. The van der Waals surface area contributed by atoms with Crippen molar-refractivity contribution in [3.05, 3.63) is 88.7 Å². The molecule has 52 heavy (non-hydrogen) atoms. The van der Waals surface area contributed by atoms with E-state index in [1.54, 1.807) is 24.3 Å². The van der Waals surface area contributed by atoms with Gasteiger partial charge in [-0.05, 0) is 72.4 Å². The first-order valence-electron chi connectivity index (χ1n) is 15.9. The highest BCUT2D eigenvalue weighted by atomic mass is 35.5. The van der Waals surface area contributed by atoms with Gasteiger partial charge in [0.15, 0.2) is 11.3 Å². The summed E-state index contributed by atoms with van der Waals surface area (Å²) in [5.74, 6) is -5.50. The first-order valence-corrected chi connectivity index (χ1v) is 16.3. The van der Waals surface area contributed by atoms with E-state index in [1.165, 1.54) is 24.4 Å². The van der Waals surface area contributed by atoms with E-state index < -0.39 is 35.8 Å². The molecular formula is C34H32ClF8N9. The van der Waals surface area contributed by atoms with Crippen molar-refractivity contribution in [2.24, 2.45) is 17.8 Å². The van der Waals surface area contributed by atoms with Crippen molar-refractivity contribution in [2.45, 2.75) is 65.7 Å². The van der Waals surface area contributed by atoms with Crippen LogP contribution >= 0.6 is 11.6 Å². The van der Waals surface area contributed by atoms with Crippen LogP contribution in [0.4, 0.5) is 35.1 Å². The van der Waals surface area contributed by atoms with Gasteiger partial charge < -0.3 is 0 Å². The summed E-state index contributed by atoms with van der Waals surface area (Å²) in [6, 6.07) is 14.7. The molecular weight excluding hydrogens is 722 g/mol. The summed E-state index contributed by atoms with van der Waals surface area (Å²) in [5.41, 5.74) is 3.27. The molecule has 2 atom stereocenters. The Morgan fingerprint density at radius 3 is 1.85 bits per heavy atom. The molecule has 0 aliphatic rings. The van der Waals surface area contributed by atoms with Gasteiger partial charge in [0.1, 0.15) is 0 Å². The third-order valence-electron chi connectivity index (χ3n) is 8.37. The van der Waals surface area contributed by atoms with E-state index in [0.29, 0.717) is 50.8 Å². The standard InChI is InChI=1S/C18H18ClF3N4.C16H14F5N5/c1-10(2)11(3)8-12-4-5-14(19)13(9-12)15-6-7-16-23-24-17(18(20,21)22)26(16)25-15;1-9(16(19,20)21)7-11-4-3-10(8-22-11)12-5-6-13-23-24-14(15(2,17)18)26(13)25-12/h4-7,9-11H,8H2,1-3H3;3-6,8-9H,7H2,1-2H3. The second-order valence-electron chi connectivity index (χ2n) is 12.8. The number of aromatic nitrogens is 9. The second-order valence-corrected chi connectivity index (χ2v) is 13.2. The van der Waals surface area contributed by atoms with Gasteiger partial charge in [-0.1, -0.05) is 45.4 Å². The van der Waals surface area contributed by atoms with E-state index in [9.17, 15) is 35.1 Å². The molecule has 0 spiro atoms. The van der Waals surface area contributed by atoms with Gasteiger partial charge in [0, 0.05) is 36.4 Å². The molecule has 0 amide bonds. The zero-order valence-electron chi connectivity index (χ0n) is 28.3. The van der Waals surface area contributed by atoms with Crippen LogP contribution < -0.4 is 0 Å². The predicted molar refractivity (Wildman–Crippen MR) is 176 cm³/mol. The van der Waals surface area contributed by atoms with E-state index in [-0.39, 0.29) is 23.4 Å². The predicted octanol–water partition coefficient (Wildman–Crippen LogP) is 9.34. The highest BCUT2D eigenvalue weighted by molar-refractivity contribution is 6.33. The minimum absolute atomic E-state index is 0.0294. The van der Waals surface area contributed by atoms with Crippen molar-refractivity contribution in [1.29, 1.82) is 0 Å². The molecule has 0 bridgehead atoms. The van der Waals surface area contributed by atoms with E-state index in [4.69, 9.17) is 11.6 Å². The molecule has 6 aromatic rings. The first-order chi connectivity index (χ1) is 24.2. The SMILES string of the molecule is CC(C)C(C)Cc1ccc(Cl)c(-c2ccc3nnc(C(F)(F)F)n3n2)c1.CC(Cc1ccc(-c2ccc3nnc(C(C)(F)F)n3n2)cn1)C(F)(F)F. The molecule has 5 heterocycles. The lowest BCUT2D eigenvalue weighted by Crippen LogP contribution is -2.22. The first kappa shape index (κ1) is 38.4. The monoisotopic (exact) mass is 753 g/mol. The third kappa shape index (κ3) is 8.80. The number of fused-ring (bicyclic) bond motifs is 2. The number of pyridine rings is 1. The topological polar surface area (TPSA) is 99.0 Å². The van der Waals surface area contributed by atoms with Gasteiger partial charge in [-0.3, -0.25) is 4.98 Å². The molecule has 0 radical (unpaired) electrons. The molecule has 9 nitrogen and oxygen atoms in total. The normalized spacial score (nSPS) is 13.8. The molecule has 2 unspecified atom stereocenters. The largest absolute Gasteiger partial charge is 0.453 e. The van der Waals surface area contributed by atoms with Gasteiger partial charge in [-0.2, -0.15) is 54.4 Å². The minimum Gasteiger partial charge on any atom is -0.261 e. The van der Waals surface area contributed by atoms with Crippen molar-refractivity contribution in [3.63, 3.8) is 0 Å². The van der Waals surface area contributed by atoms with Crippen molar-refractivity contribution >= 4 is 22.9 Å². The zero-order chi connectivity index (χ0) is 38.2. The summed E-state index contributed by atoms with van der Waals surface area (Å²) in [6.07, 6.45) is -6.95. The number of halogens is 9. The molecule has 0 saturated carbocycles. The average Bonchev–Trinajstić information content (AvgIpc) is 3.70. The zero-order valence-corrected chi connectivity index (χ0v) is 29.1. The lowest BCUT2D eigenvalue weighted by atomic mass is 9.90. The van der Waals surface area contributed by atoms with E-state index in [1.807, 2.05) is 12.1 Å². The van der Waals surface area contributed by atoms with E-state index in [0.717, 1.165) is 23.4 Å². The maximum absolute atomic E-state index is 13.6. The molecule has 1 aromatic carbocycles. The number of hydrogen-bond acceptors (Lipinski definition) is 7. The molecule has 276 valence electrons. The van der Waals surface area contributed by atoms with Crippen LogP contribution in [0.15, 0.2) is 60.8 Å². The van der Waals surface area contributed by atoms with Gasteiger partial charge >= 0.3 is 18.3 Å². The van der Waals surface area contributed by atoms with Gasteiger partial charge in [0.05, 0.1) is 22.3 Å². The second kappa shape index (κ2) is 14.7. The van der Waals surface area contributed by atoms with Gasteiger partial charge in [0.25, 0.3) is 5.82 Å². The molecule has 6 rings (SSSR count). The summed E-state index contributed by atoms with van der Waals surface area (Å²) in [7, 11) is 0. The molecule has 0 fully saturated rings. The molecule has 0 N–H and O–H groups in total. The van der Waals surface area contributed by atoms with E-state index >= 15 is 0 Å². The number of nitrogens with zero attached hydrogens (tertiary/aromatic N) is 9. The minimum atomic E-state index is -4.64. The lowest BCUT2D eigenvalue weighted by molar-refractivity contribution is -0.169. The molecule has 0 aliphatic heterocycles. The fourth-order valence-corrected chi connectivity index (χ4v) is 5.17. The van der Waals surface area contributed by atoms with Crippen LogP contribution in [-0.4, -0.2) is 50.8 Å². The number of benzene rings is 1. The third-order valence-corrected chi connectivity index (χ3v) is 8.70. The van der Waals surface area contributed by atoms with Gasteiger partial charge in [-0.25, -0.2) is 0 Å². The highest BCUT2D eigenvalue weighted by Crippen LogP contribution is 2.32. The number of hydrogen-bond donors (Lipinski definition) is 0. The Bertz CT molecular complexity index is 2150. The summed E-state index contributed by atoms with van der Waals surface area (Å²) < 4.78 is 106. The number of alkyl halides is 8. The van der Waals surface area contributed by atoms with Crippen LogP contribution in [0.25, 0.3) is 33.8 Å². The van der Waals surface area contributed by atoms with Gasteiger partial charge in [-0.15, -0.1) is 20.4 Å². The summed E-state index contributed by atoms with van der Waals surface area (Å²) >= 11 is 6.28. The fourth-order valence-electron chi connectivity index (χ4n) is 4.96. The van der Waals surface area contributed by atoms with Crippen molar-refractivity contribution in [1.82, 2.24) is 44.6 Å². The smallest absolute Gasteiger partial charge is 0.261 e. The van der Waals surface area contributed by atoms with Gasteiger partial charge in [0.2, 0.25) is 5.82 Å².